The van der Waals surface area contributed by atoms with E-state index in [-0.39, 0.29) is 6.04 Å². The van der Waals surface area contributed by atoms with E-state index in [2.05, 4.69) is 36.1 Å². The topological polar surface area (TPSA) is 62.6 Å². The summed E-state index contributed by atoms with van der Waals surface area (Å²) in [7, 11) is 0. The lowest BCUT2D eigenvalue weighted by atomic mass is 10.0. The van der Waals surface area contributed by atoms with E-state index >= 15 is 0 Å². The highest BCUT2D eigenvalue weighted by molar-refractivity contribution is 7.99. The van der Waals surface area contributed by atoms with Crippen LogP contribution in [-0.4, -0.2) is 35.2 Å². The number of benzene rings is 1. The van der Waals surface area contributed by atoms with Crippen molar-refractivity contribution in [1.82, 2.24) is 4.90 Å². The lowest BCUT2D eigenvalue weighted by molar-refractivity contribution is 0.0464. The zero-order valence-electron chi connectivity index (χ0n) is 12.7. The number of aliphatic hydroxyl groups excluding tert-OH is 1. The van der Waals surface area contributed by atoms with Crippen LogP contribution >= 0.6 is 11.8 Å². The Hall–Kier alpha value is -1.27. The predicted octanol–water partition coefficient (Wildman–Crippen LogP) is 2.63. The Labute approximate surface area is 135 Å². The van der Waals surface area contributed by atoms with Gasteiger partial charge in [-0.15, -0.1) is 0 Å². The second-order valence-electron chi connectivity index (χ2n) is 5.89. The molecule has 1 aliphatic rings. The fourth-order valence-electron chi connectivity index (χ4n) is 2.60. The van der Waals surface area contributed by atoms with Gasteiger partial charge in [0.1, 0.15) is 5.76 Å². The van der Waals surface area contributed by atoms with Crippen LogP contribution in [0.1, 0.15) is 17.7 Å². The van der Waals surface area contributed by atoms with Gasteiger partial charge in [0.25, 0.3) is 0 Å². The van der Waals surface area contributed by atoms with Crippen molar-refractivity contribution >= 4 is 11.8 Å². The molecule has 22 heavy (non-hydrogen) atoms. The predicted molar refractivity (Wildman–Crippen MR) is 87.9 cm³/mol. The lowest BCUT2D eigenvalue weighted by Gasteiger charge is -2.33. The van der Waals surface area contributed by atoms with Gasteiger partial charge in [-0.3, -0.25) is 4.90 Å². The summed E-state index contributed by atoms with van der Waals surface area (Å²) >= 11 is 1.63. The lowest BCUT2D eigenvalue weighted by Crippen LogP contribution is -2.50. The van der Waals surface area contributed by atoms with Crippen LogP contribution in [0.25, 0.3) is 0 Å². The van der Waals surface area contributed by atoms with Crippen LogP contribution in [0.4, 0.5) is 0 Å². The molecule has 1 aromatic carbocycles. The van der Waals surface area contributed by atoms with E-state index < -0.39 is 6.10 Å². The van der Waals surface area contributed by atoms with Crippen LogP contribution in [0.3, 0.4) is 0 Å². The molecule has 0 radical (unpaired) electrons. The summed E-state index contributed by atoms with van der Waals surface area (Å²) in [6.45, 7) is 4.32. The highest BCUT2D eigenvalue weighted by Crippen LogP contribution is 2.30. The second-order valence-corrected chi connectivity index (χ2v) is 6.97. The molecule has 4 nitrogen and oxygen atoms in total. The number of β-amino-alcohol motifs (C(OH)–C–C–N with tert-alkyl or cyclic N) is 1. The minimum Gasteiger partial charge on any atom is -0.453 e. The van der Waals surface area contributed by atoms with E-state index in [0.29, 0.717) is 6.54 Å². The van der Waals surface area contributed by atoms with Crippen LogP contribution in [-0.2, 0) is 6.54 Å². The smallest absolute Gasteiger partial charge is 0.165 e. The molecule has 2 unspecified atom stereocenters. The highest BCUT2D eigenvalue weighted by atomic mass is 32.2. The summed E-state index contributed by atoms with van der Waals surface area (Å²) in [6, 6.07) is 12.3. The van der Waals surface area contributed by atoms with Crippen LogP contribution in [0.2, 0.25) is 0 Å². The molecule has 0 bridgehead atoms. The van der Waals surface area contributed by atoms with E-state index in [1.54, 1.807) is 11.8 Å². The zero-order valence-corrected chi connectivity index (χ0v) is 13.6. The number of hydrogen-bond donors (Lipinski definition) is 2. The maximum absolute atomic E-state index is 9.85. The van der Waals surface area contributed by atoms with Gasteiger partial charge in [0.15, 0.2) is 5.09 Å². The first-order valence-electron chi connectivity index (χ1n) is 7.59. The van der Waals surface area contributed by atoms with E-state index in [9.17, 15) is 5.11 Å². The van der Waals surface area contributed by atoms with Crippen molar-refractivity contribution in [2.45, 2.75) is 42.0 Å². The molecule has 1 fully saturated rings. The third kappa shape index (κ3) is 3.93. The number of hydrogen-bond acceptors (Lipinski definition) is 5. The normalized spacial score (nSPS) is 22.9. The van der Waals surface area contributed by atoms with E-state index in [1.807, 2.05) is 12.1 Å². The van der Waals surface area contributed by atoms with Crippen molar-refractivity contribution in [3.8, 4) is 0 Å². The van der Waals surface area contributed by atoms with Crippen molar-refractivity contribution in [1.29, 1.82) is 0 Å². The third-order valence-corrected chi connectivity index (χ3v) is 4.90. The summed E-state index contributed by atoms with van der Waals surface area (Å²) in [4.78, 5) is 3.36. The fraction of sp³-hybridized carbons (Fsp3) is 0.412. The summed E-state index contributed by atoms with van der Waals surface area (Å²) in [5, 5.41) is 10.7. The average molecular weight is 318 g/mol. The minimum absolute atomic E-state index is 0.0968. The molecule has 0 aliphatic carbocycles. The van der Waals surface area contributed by atoms with Crippen molar-refractivity contribution in [2.75, 3.05) is 13.1 Å². The molecule has 1 aromatic heterocycles. The number of likely N-dealkylation sites (tertiary alicyclic amines) is 1. The second kappa shape index (κ2) is 6.87. The fourth-order valence-corrected chi connectivity index (χ4v) is 3.39. The van der Waals surface area contributed by atoms with Gasteiger partial charge >= 0.3 is 0 Å². The number of aliphatic hydroxyl groups is 1. The Morgan fingerprint density at radius 2 is 2.05 bits per heavy atom. The van der Waals surface area contributed by atoms with Crippen molar-refractivity contribution in [2.24, 2.45) is 5.73 Å². The SMILES string of the molecule is Cc1ccc(Sc2ccc(CN3CCC(N)C(O)C3)o2)cc1. The Morgan fingerprint density at radius 3 is 2.77 bits per heavy atom. The Balaban J connectivity index is 1.58. The van der Waals surface area contributed by atoms with Gasteiger partial charge in [0.05, 0.1) is 12.6 Å². The summed E-state index contributed by atoms with van der Waals surface area (Å²) in [6.07, 6.45) is 0.387. The van der Waals surface area contributed by atoms with Gasteiger partial charge in [-0.25, -0.2) is 0 Å². The first-order chi connectivity index (χ1) is 10.6. The summed E-state index contributed by atoms with van der Waals surface area (Å²) < 4.78 is 5.89. The van der Waals surface area contributed by atoms with Crippen molar-refractivity contribution in [3.63, 3.8) is 0 Å². The molecule has 3 rings (SSSR count). The Morgan fingerprint density at radius 1 is 1.27 bits per heavy atom. The highest BCUT2D eigenvalue weighted by Gasteiger charge is 2.25. The Kier molecular flexibility index (Phi) is 4.88. The van der Waals surface area contributed by atoms with Gasteiger partial charge in [0, 0.05) is 24.0 Å². The third-order valence-electron chi connectivity index (χ3n) is 3.97. The largest absolute Gasteiger partial charge is 0.453 e. The van der Waals surface area contributed by atoms with Crippen LogP contribution in [0, 0.1) is 6.92 Å². The first kappa shape index (κ1) is 15.6. The number of nitrogens with zero attached hydrogens (tertiary/aromatic N) is 1. The molecule has 3 N–H and O–H groups in total. The number of aryl methyl sites for hydroxylation is 1. The van der Waals surface area contributed by atoms with Crippen molar-refractivity contribution in [3.05, 3.63) is 47.7 Å². The number of nitrogens with two attached hydrogens (primary N) is 1. The van der Waals surface area contributed by atoms with Crippen LogP contribution in [0.15, 0.2) is 50.8 Å². The molecule has 5 heteroatoms. The summed E-state index contributed by atoms with van der Waals surface area (Å²) in [5.74, 6) is 0.928. The molecule has 2 heterocycles. The monoisotopic (exact) mass is 318 g/mol. The molecule has 118 valence electrons. The quantitative estimate of drug-likeness (QED) is 0.907. The molecule has 1 saturated heterocycles. The summed E-state index contributed by atoms with van der Waals surface area (Å²) in [5.41, 5.74) is 7.09. The van der Waals surface area contributed by atoms with E-state index in [0.717, 1.165) is 30.4 Å². The number of rotatable bonds is 4. The van der Waals surface area contributed by atoms with Gasteiger partial charge < -0.3 is 15.3 Å². The minimum atomic E-state index is -0.440. The maximum Gasteiger partial charge on any atom is 0.165 e. The van der Waals surface area contributed by atoms with Gasteiger partial charge in [-0.05, 0) is 37.6 Å². The molecule has 0 saturated carbocycles. The van der Waals surface area contributed by atoms with Gasteiger partial charge in [-0.1, -0.05) is 29.5 Å². The Bertz CT molecular complexity index is 611. The van der Waals surface area contributed by atoms with Gasteiger partial charge in [-0.2, -0.15) is 0 Å². The van der Waals surface area contributed by atoms with Crippen molar-refractivity contribution < 1.29 is 9.52 Å². The van der Waals surface area contributed by atoms with E-state index in [1.165, 1.54) is 10.5 Å². The molecular weight excluding hydrogens is 296 g/mol. The molecular formula is C17H22N2O2S. The maximum atomic E-state index is 9.85. The molecule has 0 spiro atoms. The van der Waals surface area contributed by atoms with Crippen LogP contribution in [0.5, 0.6) is 0 Å². The average Bonchev–Trinajstić information content (AvgIpc) is 2.93. The molecule has 2 atom stereocenters. The zero-order chi connectivity index (χ0) is 15.5. The number of piperidine rings is 1. The first-order valence-corrected chi connectivity index (χ1v) is 8.41. The molecule has 0 amide bonds. The van der Waals surface area contributed by atoms with E-state index in [4.69, 9.17) is 10.2 Å². The molecule has 1 aliphatic heterocycles. The van der Waals surface area contributed by atoms with Crippen LogP contribution < -0.4 is 5.73 Å². The van der Waals surface area contributed by atoms with Gasteiger partial charge in [0.2, 0.25) is 0 Å². The standard InChI is InChI=1S/C17H22N2O2S/c1-12-2-5-14(6-3-12)22-17-7-4-13(21-17)10-19-9-8-15(18)16(20)11-19/h2-7,15-16,20H,8-11,18H2,1H3. The molecule has 2 aromatic rings. The number of furan rings is 1.